The van der Waals surface area contributed by atoms with Gasteiger partial charge in [-0.25, -0.2) is 4.39 Å². The van der Waals surface area contributed by atoms with Gasteiger partial charge in [-0.1, -0.05) is 6.92 Å². The maximum Gasteiger partial charge on any atom is 0.123 e. The second kappa shape index (κ2) is 4.73. The third-order valence-corrected chi connectivity index (χ3v) is 4.09. The summed E-state index contributed by atoms with van der Waals surface area (Å²) in [6.07, 6.45) is 5.61. The van der Waals surface area contributed by atoms with E-state index in [1.54, 1.807) is 6.07 Å². The van der Waals surface area contributed by atoms with Gasteiger partial charge in [0.1, 0.15) is 5.82 Å². The molecule has 1 aromatic heterocycles. The Morgan fingerprint density at radius 1 is 1.44 bits per heavy atom. The molecule has 1 aromatic carbocycles. The molecule has 0 radical (unpaired) electrons. The lowest BCUT2D eigenvalue weighted by Crippen LogP contribution is -2.30. The highest BCUT2D eigenvalue weighted by molar-refractivity contribution is 5.83. The summed E-state index contributed by atoms with van der Waals surface area (Å²) in [7, 11) is 0. The third-order valence-electron chi connectivity index (χ3n) is 4.09. The van der Waals surface area contributed by atoms with Crippen molar-refractivity contribution in [2.75, 3.05) is 13.1 Å². The fraction of sp³-hybridized carbons (Fsp3) is 0.467. The summed E-state index contributed by atoms with van der Waals surface area (Å²) in [5, 5.41) is 1.04. The van der Waals surface area contributed by atoms with Crippen LogP contribution in [0.2, 0.25) is 0 Å². The van der Waals surface area contributed by atoms with Crippen LogP contribution in [0.3, 0.4) is 0 Å². The summed E-state index contributed by atoms with van der Waals surface area (Å²) in [6.45, 7) is 4.53. The van der Waals surface area contributed by atoms with Crippen molar-refractivity contribution in [3.05, 3.63) is 35.8 Å². The number of fused-ring (bicyclic) bond motifs is 1. The first-order valence-corrected chi connectivity index (χ1v) is 6.77. The van der Waals surface area contributed by atoms with E-state index in [0.717, 1.165) is 23.9 Å². The maximum atomic E-state index is 13.3. The average Bonchev–Trinajstić information content (AvgIpc) is 2.97. The number of hydrogen-bond donors (Lipinski definition) is 1. The smallest absolute Gasteiger partial charge is 0.123 e. The number of nitrogens with zero attached hydrogens (tertiary/aromatic N) is 1. The van der Waals surface area contributed by atoms with Crippen molar-refractivity contribution < 1.29 is 4.39 Å². The molecule has 18 heavy (non-hydrogen) atoms. The van der Waals surface area contributed by atoms with Crippen molar-refractivity contribution in [3.8, 4) is 0 Å². The molecular weight excluding hydrogens is 227 g/mol. The van der Waals surface area contributed by atoms with Crippen LogP contribution >= 0.6 is 0 Å². The quantitative estimate of drug-likeness (QED) is 0.880. The van der Waals surface area contributed by atoms with Crippen molar-refractivity contribution in [2.24, 2.45) is 0 Å². The zero-order valence-electron chi connectivity index (χ0n) is 10.7. The van der Waals surface area contributed by atoms with Crippen molar-refractivity contribution in [1.82, 2.24) is 9.88 Å². The Hall–Kier alpha value is -1.35. The van der Waals surface area contributed by atoms with Gasteiger partial charge in [-0.2, -0.15) is 0 Å². The van der Waals surface area contributed by atoms with E-state index in [1.165, 1.54) is 31.0 Å². The van der Waals surface area contributed by atoms with Crippen LogP contribution in [0.25, 0.3) is 10.9 Å². The number of benzene rings is 1. The molecule has 0 spiro atoms. The van der Waals surface area contributed by atoms with Gasteiger partial charge in [0.05, 0.1) is 0 Å². The van der Waals surface area contributed by atoms with Crippen LogP contribution in [0.15, 0.2) is 24.4 Å². The van der Waals surface area contributed by atoms with Crippen LogP contribution in [0, 0.1) is 5.82 Å². The summed E-state index contributed by atoms with van der Waals surface area (Å²) < 4.78 is 13.3. The summed E-state index contributed by atoms with van der Waals surface area (Å²) in [5.74, 6) is -0.151. The summed E-state index contributed by atoms with van der Waals surface area (Å²) in [4.78, 5) is 5.76. The van der Waals surface area contributed by atoms with E-state index < -0.39 is 0 Å². The first-order valence-electron chi connectivity index (χ1n) is 6.77. The molecule has 1 atom stereocenters. The van der Waals surface area contributed by atoms with Gasteiger partial charge in [0.2, 0.25) is 0 Å². The minimum Gasteiger partial charge on any atom is -0.361 e. The van der Waals surface area contributed by atoms with Gasteiger partial charge in [0, 0.05) is 23.1 Å². The molecule has 1 N–H and O–H groups in total. The monoisotopic (exact) mass is 246 g/mol. The molecule has 2 nitrogen and oxygen atoms in total. The molecule has 1 unspecified atom stereocenters. The number of likely N-dealkylation sites (N-methyl/N-ethyl adjacent to an activating group) is 1. The summed E-state index contributed by atoms with van der Waals surface area (Å²) >= 11 is 0. The lowest BCUT2D eigenvalue weighted by Gasteiger charge is -2.22. The third kappa shape index (κ3) is 2.03. The Morgan fingerprint density at radius 3 is 3.17 bits per heavy atom. The zero-order valence-corrected chi connectivity index (χ0v) is 10.7. The number of rotatable bonds is 3. The fourth-order valence-corrected chi connectivity index (χ4v) is 3.12. The molecule has 1 saturated heterocycles. The predicted molar refractivity (Wildman–Crippen MR) is 72.2 cm³/mol. The normalized spacial score (nSPS) is 20.9. The second-order valence-corrected chi connectivity index (χ2v) is 5.13. The molecule has 1 fully saturated rings. The highest BCUT2D eigenvalue weighted by atomic mass is 19.1. The van der Waals surface area contributed by atoms with Crippen molar-refractivity contribution in [1.29, 1.82) is 0 Å². The van der Waals surface area contributed by atoms with Crippen molar-refractivity contribution >= 4 is 10.9 Å². The minimum atomic E-state index is -0.151. The van der Waals surface area contributed by atoms with Gasteiger partial charge in [-0.15, -0.1) is 0 Å². The largest absolute Gasteiger partial charge is 0.361 e. The molecule has 0 aliphatic carbocycles. The molecule has 96 valence electrons. The van der Waals surface area contributed by atoms with Crippen molar-refractivity contribution in [3.63, 3.8) is 0 Å². The Bertz CT molecular complexity index is 546. The topological polar surface area (TPSA) is 19.0 Å². The fourth-order valence-electron chi connectivity index (χ4n) is 3.12. The molecule has 3 rings (SSSR count). The molecule has 0 amide bonds. The van der Waals surface area contributed by atoms with Gasteiger partial charge in [0.15, 0.2) is 0 Å². The minimum absolute atomic E-state index is 0.151. The number of nitrogens with one attached hydrogen (secondary N) is 1. The Labute approximate surface area is 107 Å². The highest BCUT2D eigenvalue weighted by Crippen LogP contribution is 2.25. The molecule has 2 aromatic rings. The summed E-state index contributed by atoms with van der Waals surface area (Å²) in [5.41, 5.74) is 2.28. The zero-order chi connectivity index (χ0) is 12.5. The lowest BCUT2D eigenvalue weighted by molar-refractivity contribution is 0.266. The van der Waals surface area contributed by atoms with Gasteiger partial charge < -0.3 is 9.88 Å². The van der Waals surface area contributed by atoms with E-state index in [9.17, 15) is 4.39 Å². The number of aromatic amines is 1. The van der Waals surface area contributed by atoms with E-state index in [-0.39, 0.29) is 5.82 Å². The number of aromatic nitrogens is 1. The van der Waals surface area contributed by atoms with E-state index in [1.807, 2.05) is 12.3 Å². The van der Waals surface area contributed by atoms with Crippen LogP contribution in [-0.2, 0) is 6.42 Å². The van der Waals surface area contributed by atoms with Crippen LogP contribution in [0.5, 0.6) is 0 Å². The SMILES string of the molecule is CCN1CCCC1Cc1c[nH]c2ccc(F)cc12. The number of hydrogen-bond acceptors (Lipinski definition) is 1. The Kier molecular flexibility index (Phi) is 3.08. The van der Waals surface area contributed by atoms with Gasteiger partial charge in [0.25, 0.3) is 0 Å². The van der Waals surface area contributed by atoms with Crippen LogP contribution in [-0.4, -0.2) is 29.0 Å². The standard InChI is InChI=1S/C15H19FN2/c1-2-18-7-3-4-13(18)8-11-10-17-15-6-5-12(16)9-14(11)15/h5-6,9-10,13,17H,2-4,7-8H2,1H3. The highest BCUT2D eigenvalue weighted by Gasteiger charge is 2.23. The van der Waals surface area contributed by atoms with Gasteiger partial charge >= 0.3 is 0 Å². The molecule has 1 aliphatic heterocycles. The molecule has 3 heteroatoms. The van der Waals surface area contributed by atoms with E-state index in [0.29, 0.717) is 6.04 Å². The first kappa shape index (κ1) is 11.7. The Balaban J connectivity index is 1.88. The Morgan fingerprint density at radius 2 is 2.33 bits per heavy atom. The lowest BCUT2D eigenvalue weighted by atomic mass is 10.0. The molecule has 0 saturated carbocycles. The van der Waals surface area contributed by atoms with Gasteiger partial charge in [-0.3, -0.25) is 0 Å². The van der Waals surface area contributed by atoms with E-state index in [4.69, 9.17) is 0 Å². The second-order valence-electron chi connectivity index (χ2n) is 5.13. The van der Waals surface area contributed by atoms with Crippen LogP contribution in [0.1, 0.15) is 25.3 Å². The molecule has 0 bridgehead atoms. The molecular formula is C15H19FN2. The number of H-pyrrole nitrogens is 1. The van der Waals surface area contributed by atoms with E-state index >= 15 is 0 Å². The van der Waals surface area contributed by atoms with Crippen LogP contribution < -0.4 is 0 Å². The van der Waals surface area contributed by atoms with E-state index in [2.05, 4.69) is 16.8 Å². The van der Waals surface area contributed by atoms with Gasteiger partial charge in [-0.05, 0) is 56.1 Å². The first-order chi connectivity index (χ1) is 8.78. The van der Waals surface area contributed by atoms with Crippen LogP contribution in [0.4, 0.5) is 4.39 Å². The predicted octanol–water partition coefficient (Wildman–Crippen LogP) is 3.33. The molecule has 2 heterocycles. The molecule has 1 aliphatic rings. The summed E-state index contributed by atoms with van der Waals surface area (Å²) in [6, 6.07) is 5.60. The average molecular weight is 246 g/mol. The maximum absolute atomic E-state index is 13.3. The number of halogens is 1. The number of likely N-dealkylation sites (tertiary alicyclic amines) is 1. The van der Waals surface area contributed by atoms with Crippen molar-refractivity contribution in [2.45, 2.75) is 32.2 Å².